The zero-order chi connectivity index (χ0) is 61.5. The van der Waals surface area contributed by atoms with Crippen molar-refractivity contribution in [3.05, 3.63) is 124 Å². The SMILES string of the molecule is CCN(c1cc(C#CC2CCN(C(=O)OC(C)(C)C)CC2)cc(C(=O)NCc2c(C(C)C)cc(C)[nH]c2=O)c1C)C1CCOCC1.CCN(c1cc(C#CC2CCNCC2)cc(C(=O)NCc2c(C(C)C)cc(C)[nH]c2=O)c1C)C1CCOCC1. The van der Waals surface area contributed by atoms with Crippen LogP contribution in [0.2, 0.25) is 0 Å². The Bertz CT molecular complexity index is 3210. The standard InChI is InChI=1S/C37H52N4O5.C32H44N4O3/c1-9-41(29-14-18-45-19-15-29)33-22-28(11-10-27-12-16-40(17-13-27)36(44)46-37(6,7)8)21-31(26(33)5)34(42)38-23-32-30(24(2)3)20-25(4)39-35(32)43;1-6-36(26-11-15-39-16-12-26)30-19-25(8-7-24-9-13-33-14-10-24)18-28(23(30)5)31(37)34-20-29-27(21(2)3)17-22(4)35-32(29)38/h20-22,24,27,29H,9,12-19,23H2,1-8H3,(H,38,42)(H,39,43);17-19,21,24,26,33H,6,9-16,20H2,1-5H3,(H,34,37)(H,35,38). The van der Waals surface area contributed by atoms with Crippen LogP contribution in [0.4, 0.5) is 16.2 Å². The van der Waals surface area contributed by atoms with Gasteiger partial charge >= 0.3 is 6.09 Å². The molecular formula is C69H96N8O8. The van der Waals surface area contributed by atoms with Gasteiger partial charge in [-0.15, -0.1) is 0 Å². The first-order valence-corrected chi connectivity index (χ1v) is 31.3. The highest BCUT2D eigenvalue weighted by atomic mass is 16.6. The predicted molar refractivity (Wildman–Crippen MR) is 340 cm³/mol. The number of likely N-dealkylation sites (tertiary alicyclic amines) is 1. The molecule has 0 unspecified atom stereocenters. The summed E-state index contributed by atoms with van der Waals surface area (Å²) >= 11 is 0. The van der Waals surface area contributed by atoms with Crippen molar-refractivity contribution >= 4 is 29.3 Å². The molecule has 6 heterocycles. The van der Waals surface area contributed by atoms with E-state index in [-0.39, 0.29) is 59.9 Å². The highest BCUT2D eigenvalue weighted by Gasteiger charge is 2.29. The Balaban J connectivity index is 0.000000247. The van der Waals surface area contributed by atoms with Crippen LogP contribution in [0.25, 0.3) is 0 Å². The summed E-state index contributed by atoms with van der Waals surface area (Å²) in [5.74, 6) is 14.1. The minimum absolute atomic E-state index is 0.139. The van der Waals surface area contributed by atoms with Crippen LogP contribution >= 0.6 is 0 Å². The Morgan fingerprint density at radius 3 is 1.40 bits per heavy atom. The normalized spacial score (nSPS) is 16.3. The van der Waals surface area contributed by atoms with Gasteiger partial charge in [-0.25, -0.2) is 4.79 Å². The number of nitrogens with zero attached hydrogens (tertiary/aromatic N) is 3. The lowest BCUT2D eigenvalue weighted by molar-refractivity contribution is 0.0199. The van der Waals surface area contributed by atoms with Crippen molar-refractivity contribution < 1.29 is 28.6 Å². The molecule has 4 aliphatic heterocycles. The fraction of sp³-hybridized carbons (Fsp3) is 0.580. The third-order valence-corrected chi connectivity index (χ3v) is 16.8. The monoisotopic (exact) mass is 1160 g/mol. The van der Waals surface area contributed by atoms with Crippen LogP contribution in [0.1, 0.15) is 202 Å². The summed E-state index contributed by atoms with van der Waals surface area (Å²) in [4.78, 5) is 78.0. The van der Waals surface area contributed by atoms with Crippen LogP contribution < -0.4 is 36.9 Å². The average molecular weight is 1170 g/mol. The molecule has 4 aliphatic rings. The lowest BCUT2D eigenvalue weighted by atomic mass is 9.95. The lowest BCUT2D eigenvalue weighted by Crippen LogP contribution is -2.41. The summed E-state index contributed by atoms with van der Waals surface area (Å²) in [7, 11) is 0. The number of amides is 3. The van der Waals surface area contributed by atoms with Gasteiger partial charge in [0, 0.05) is 146 Å². The Morgan fingerprint density at radius 1 is 0.624 bits per heavy atom. The zero-order valence-corrected chi connectivity index (χ0v) is 53.2. The van der Waals surface area contributed by atoms with E-state index in [0.29, 0.717) is 53.3 Å². The number of hydrogen-bond acceptors (Lipinski definition) is 11. The Kier molecular flexibility index (Phi) is 23.6. The molecule has 0 atom stereocenters. The van der Waals surface area contributed by atoms with Crippen molar-refractivity contribution in [3.63, 3.8) is 0 Å². The number of aromatic nitrogens is 2. The third-order valence-electron chi connectivity index (χ3n) is 16.8. The van der Waals surface area contributed by atoms with E-state index in [4.69, 9.17) is 14.2 Å². The van der Waals surface area contributed by atoms with Gasteiger partial charge in [0.25, 0.3) is 22.9 Å². The molecule has 0 radical (unpaired) electrons. The molecule has 85 heavy (non-hydrogen) atoms. The van der Waals surface area contributed by atoms with Crippen LogP contribution in [0.3, 0.4) is 0 Å². The quantitative estimate of drug-likeness (QED) is 0.0756. The fourth-order valence-electron chi connectivity index (χ4n) is 12.1. The second-order valence-electron chi connectivity index (χ2n) is 25.0. The number of rotatable bonds is 14. The number of aryl methyl sites for hydroxylation is 2. The Labute approximate surface area is 505 Å². The molecule has 0 spiro atoms. The summed E-state index contributed by atoms with van der Waals surface area (Å²) < 4.78 is 16.8. The van der Waals surface area contributed by atoms with Gasteiger partial charge in [0.2, 0.25) is 0 Å². The van der Waals surface area contributed by atoms with Gasteiger partial charge in [0.05, 0.1) is 0 Å². The molecule has 0 saturated carbocycles. The second kappa shape index (κ2) is 30.5. The van der Waals surface area contributed by atoms with E-state index in [1.54, 1.807) is 4.90 Å². The molecule has 5 N–H and O–H groups in total. The zero-order valence-electron chi connectivity index (χ0n) is 53.2. The number of carbonyl (C=O) groups is 3. The van der Waals surface area contributed by atoms with E-state index in [1.165, 1.54) is 0 Å². The summed E-state index contributed by atoms with van der Waals surface area (Å²) in [5.41, 5.74) is 10.6. The summed E-state index contributed by atoms with van der Waals surface area (Å²) in [6.45, 7) is 34.0. The summed E-state index contributed by atoms with van der Waals surface area (Å²) in [6, 6.07) is 12.7. The van der Waals surface area contributed by atoms with E-state index >= 15 is 0 Å². The molecule has 16 nitrogen and oxygen atoms in total. The molecule has 8 rings (SSSR count). The number of H-pyrrole nitrogens is 2. The lowest BCUT2D eigenvalue weighted by Gasteiger charge is -2.36. The van der Waals surface area contributed by atoms with Gasteiger partial charge in [0.1, 0.15) is 5.60 Å². The van der Waals surface area contributed by atoms with Crippen molar-refractivity contribution in [2.75, 3.05) is 75.5 Å². The first-order chi connectivity index (χ1) is 40.5. The number of carbonyl (C=O) groups excluding carboxylic acids is 3. The fourth-order valence-corrected chi connectivity index (χ4v) is 12.1. The van der Waals surface area contributed by atoms with Gasteiger partial charge in [-0.05, 0) is 197 Å². The molecule has 4 saturated heterocycles. The summed E-state index contributed by atoms with van der Waals surface area (Å²) in [6.07, 6.45) is 7.14. The van der Waals surface area contributed by atoms with Crippen molar-refractivity contribution in [1.82, 2.24) is 30.8 Å². The minimum Gasteiger partial charge on any atom is -0.444 e. The highest BCUT2D eigenvalue weighted by Crippen LogP contribution is 2.33. The number of hydrogen-bond donors (Lipinski definition) is 5. The Hall–Kier alpha value is -6.85. The van der Waals surface area contributed by atoms with Gasteiger partial charge in [-0.2, -0.15) is 0 Å². The molecule has 3 amide bonds. The van der Waals surface area contributed by atoms with Crippen LogP contribution in [0.5, 0.6) is 0 Å². The first-order valence-electron chi connectivity index (χ1n) is 31.3. The maximum Gasteiger partial charge on any atom is 0.410 e. The number of anilines is 2. The van der Waals surface area contributed by atoms with E-state index in [1.807, 2.05) is 72.7 Å². The van der Waals surface area contributed by atoms with E-state index in [9.17, 15) is 24.0 Å². The molecule has 2 aromatic heterocycles. The molecular weight excluding hydrogens is 1070 g/mol. The number of ether oxygens (including phenoxy) is 3. The molecule has 460 valence electrons. The van der Waals surface area contributed by atoms with Gasteiger partial charge in [0.15, 0.2) is 0 Å². The minimum atomic E-state index is -0.523. The Morgan fingerprint density at radius 2 is 1.02 bits per heavy atom. The van der Waals surface area contributed by atoms with Crippen molar-refractivity contribution in [2.45, 2.75) is 184 Å². The molecule has 0 aliphatic carbocycles. The maximum absolute atomic E-state index is 13.8. The molecule has 4 fully saturated rings. The maximum atomic E-state index is 13.8. The smallest absolute Gasteiger partial charge is 0.410 e. The van der Waals surface area contributed by atoms with Gasteiger partial charge in [-0.3, -0.25) is 19.2 Å². The summed E-state index contributed by atoms with van der Waals surface area (Å²) in [5, 5.41) is 9.49. The number of nitrogens with one attached hydrogen (secondary N) is 5. The molecule has 4 aromatic rings. The van der Waals surface area contributed by atoms with Gasteiger partial charge < -0.3 is 54.8 Å². The number of benzene rings is 2. The third kappa shape index (κ3) is 17.9. The van der Waals surface area contributed by atoms with Crippen LogP contribution in [0, 0.1) is 63.2 Å². The molecule has 16 heteroatoms. The first kappa shape index (κ1) is 65.7. The topological polar surface area (TPSA) is 190 Å². The largest absolute Gasteiger partial charge is 0.444 e. The number of piperidine rings is 2. The highest BCUT2D eigenvalue weighted by molar-refractivity contribution is 5.98. The molecule has 0 bridgehead atoms. The van der Waals surface area contributed by atoms with Crippen LogP contribution in [-0.4, -0.2) is 116 Å². The van der Waals surface area contributed by atoms with Crippen LogP contribution in [0.15, 0.2) is 46.0 Å². The molecule has 2 aromatic carbocycles. The van der Waals surface area contributed by atoms with Crippen molar-refractivity contribution in [1.29, 1.82) is 0 Å². The average Bonchev–Trinajstić information content (AvgIpc) is 3.66. The van der Waals surface area contributed by atoms with Crippen molar-refractivity contribution in [3.8, 4) is 23.7 Å². The van der Waals surface area contributed by atoms with E-state index < -0.39 is 5.60 Å². The van der Waals surface area contributed by atoms with E-state index in [2.05, 4.69) is 113 Å². The van der Waals surface area contributed by atoms with Crippen LogP contribution in [-0.2, 0) is 27.3 Å². The predicted octanol–water partition coefficient (Wildman–Crippen LogP) is 10.5. The second-order valence-corrected chi connectivity index (χ2v) is 25.0. The van der Waals surface area contributed by atoms with Gasteiger partial charge in [-0.1, -0.05) is 51.4 Å². The van der Waals surface area contributed by atoms with E-state index in [0.717, 1.165) is 160 Å². The van der Waals surface area contributed by atoms with Crippen molar-refractivity contribution in [2.24, 2.45) is 11.8 Å². The number of aromatic amines is 2. The number of pyridine rings is 2.